The highest BCUT2D eigenvalue weighted by atomic mass is 127. The van der Waals surface area contributed by atoms with Crippen LogP contribution >= 0.6 is 24.0 Å². The second kappa shape index (κ2) is 11.9. The maximum atomic E-state index is 12.4. The smallest absolute Gasteiger partial charge is 0.227 e. The number of benzene rings is 1. The van der Waals surface area contributed by atoms with E-state index in [9.17, 15) is 4.79 Å². The molecule has 1 fully saturated rings. The van der Waals surface area contributed by atoms with Crippen molar-refractivity contribution in [3.8, 4) is 0 Å². The van der Waals surface area contributed by atoms with Gasteiger partial charge in [0, 0.05) is 19.6 Å². The Kier molecular flexibility index (Phi) is 10.7. The van der Waals surface area contributed by atoms with Gasteiger partial charge in [0.2, 0.25) is 5.91 Å². The molecule has 148 valence electrons. The first-order valence-corrected chi connectivity index (χ1v) is 9.62. The number of hydrogen-bond donors (Lipinski definition) is 1. The van der Waals surface area contributed by atoms with E-state index in [0.29, 0.717) is 12.0 Å². The molecular formula is C21H35IN2O2. The predicted octanol–water partition coefficient (Wildman–Crippen LogP) is 3.83. The summed E-state index contributed by atoms with van der Waals surface area (Å²) in [6.07, 6.45) is 3.36. The SMILES string of the molecule is CC(C)Cc1ccc(C(C)C(=O)NCCCC2CN(C)CCO2)cc1.I. The van der Waals surface area contributed by atoms with E-state index in [2.05, 4.69) is 55.4 Å². The lowest BCUT2D eigenvalue weighted by Gasteiger charge is -2.30. The van der Waals surface area contributed by atoms with E-state index < -0.39 is 0 Å². The highest BCUT2D eigenvalue weighted by molar-refractivity contribution is 14.0. The van der Waals surface area contributed by atoms with Crippen LogP contribution < -0.4 is 5.32 Å². The van der Waals surface area contributed by atoms with Crippen LogP contribution in [0.2, 0.25) is 0 Å². The van der Waals surface area contributed by atoms with Gasteiger partial charge in [-0.25, -0.2) is 0 Å². The second-order valence-electron chi connectivity index (χ2n) is 7.75. The van der Waals surface area contributed by atoms with Gasteiger partial charge < -0.3 is 15.0 Å². The highest BCUT2D eigenvalue weighted by Crippen LogP contribution is 2.18. The minimum Gasteiger partial charge on any atom is -0.376 e. The maximum Gasteiger partial charge on any atom is 0.227 e. The van der Waals surface area contributed by atoms with Gasteiger partial charge in [0.25, 0.3) is 0 Å². The molecule has 2 unspecified atom stereocenters. The van der Waals surface area contributed by atoms with Gasteiger partial charge in [0.1, 0.15) is 0 Å². The Labute approximate surface area is 176 Å². The molecule has 5 heteroatoms. The quantitative estimate of drug-likeness (QED) is 0.460. The summed E-state index contributed by atoms with van der Waals surface area (Å²) in [6.45, 7) is 9.97. The molecule has 0 bridgehead atoms. The van der Waals surface area contributed by atoms with Crippen LogP contribution in [0.25, 0.3) is 0 Å². The Morgan fingerprint density at radius 2 is 1.96 bits per heavy atom. The van der Waals surface area contributed by atoms with E-state index in [1.807, 2.05) is 6.92 Å². The Morgan fingerprint density at radius 3 is 2.58 bits per heavy atom. The van der Waals surface area contributed by atoms with Crippen LogP contribution in [0.5, 0.6) is 0 Å². The minimum atomic E-state index is -0.106. The summed E-state index contributed by atoms with van der Waals surface area (Å²) in [7, 11) is 2.13. The zero-order valence-corrected chi connectivity index (χ0v) is 19.0. The number of rotatable bonds is 8. The van der Waals surface area contributed by atoms with Crippen molar-refractivity contribution in [2.24, 2.45) is 5.92 Å². The lowest BCUT2D eigenvalue weighted by atomic mass is 9.96. The van der Waals surface area contributed by atoms with E-state index in [-0.39, 0.29) is 35.8 Å². The molecule has 2 atom stereocenters. The van der Waals surface area contributed by atoms with Gasteiger partial charge in [0.05, 0.1) is 18.6 Å². The average Bonchev–Trinajstić information content (AvgIpc) is 2.58. The van der Waals surface area contributed by atoms with E-state index >= 15 is 0 Å². The van der Waals surface area contributed by atoms with Crippen molar-refractivity contribution in [2.45, 2.75) is 52.1 Å². The fourth-order valence-corrected chi connectivity index (χ4v) is 3.30. The number of carbonyl (C=O) groups is 1. The molecule has 1 heterocycles. The van der Waals surface area contributed by atoms with Gasteiger partial charge in [-0.1, -0.05) is 38.1 Å². The molecule has 2 rings (SSSR count). The van der Waals surface area contributed by atoms with Gasteiger partial charge >= 0.3 is 0 Å². The normalized spacial score (nSPS) is 19.0. The Morgan fingerprint density at radius 1 is 1.27 bits per heavy atom. The number of carbonyl (C=O) groups excluding carboxylic acids is 1. The molecule has 4 nitrogen and oxygen atoms in total. The average molecular weight is 474 g/mol. The second-order valence-corrected chi connectivity index (χ2v) is 7.75. The number of likely N-dealkylation sites (N-methyl/N-ethyl adjacent to an activating group) is 1. The number of morpholine rings is 1. The van der Waals surface area contributed by atoms with Gasteiger partial charge in [-0.15, -0.1) is 24.0 Å². The predicted molar refractivity (Wildman–Crippen MR) is 118 cm³/mol. The molecule has 0 aromatic heterocycles. The number of nitrogens with zero attached hydrogens (tertiary/aromatic N) is 1. The number of amides is 1. The first-order valence-electron chi connectivity index (χ1n) is 9.62. The van der Waals surface area contributed by atoms with Crippen LogP contribution in [0.15, 0.2) is 24.3 Å². The summed E-state index contributed by atoms with van der Waals surface area (Å²) < 4.78 is 5.76. The number of nitrogens with one attached hydrogen (secondary N) is 1. The summed E-state index contributed by atoms with van der Waals surface area (Å²) in [4.78, 5) is 14.7. The monoisotopic (exact) mass is 474 g/mol. The summed E-state index contributed by atoms with van der Waals surface area (Å²) in [6, 6.07) is 8.48. The van der Waals surface area contributed by atoms with Crippen LogP contribution in [0.3, 0.4) is 0 Å². The molecule has 0 saturated carbocycles. The van der Waals surface area contributed by atoms with Crippen LogP contribution in [0.4, 0.5) is 0 Å². The third-order valence-electron chi connectivity index (χ3n) is 4.86. The number of ether oxygens (including phenoxy) is 1. The minimum absolute atomic E-state index is 0. The fraction of sp³-hybridized carbons (Fsp3) is 0.667. The summed E-state index contributed by atoms with van der Waals surface area (Å²) in [5.74, 6) is 0.656. The van der Waals surface area contributed by atoms with Crippen molar-refractivity contribution in [2.75, 3.05) is 33.3 Å². The van der Waals surface area contributed by atoms with Crippen molar-refractivity contribution >= 4 is 29.9 Å². The molecule has 1 aliphatic rings. The first kappa shape index (κ1) is 23.4. The molecule has 1 aromatic carbocycles. The van der Waals surface area contributed by atoms with Crippen LogP contribution in [-0.2, 0) is 16.0 Å². The van der Waals surface area contributed by atoms with Crippen molar-refractivity contribution < 1.29 is 9.53 Å². The largest absolute Gasteiger partial charge is 0.376 e. The third kappa shape index (κ3) is 7.92. The molecule has 0 aliphatic carbocycles. The maximum absolute atomic E-state index is 12.4. The molecule has 1 aliphatic heterocycles. The zero-order valence-electron chi connectivity index (χ0n) is 16.7. The van der Waals surface area contributed by atoms with E-state index in [0.717, 1.165) is 51.1 Å². The summed E-state index contributed by atoms with van der Waals surface area (Å²) >= 11 is 0. The number of halogens is 1. The van der Waals surface area contributed by atoms with Crippen molar-refractivity contribution in [3.63, 3.8) is 0 Å². The van der Waals surface area contributed by atoms with E-state index in [1.165, 1.54) is 5.56 Å². The van der Waals surface area contributed by atoms with Gasteiger partial charge in [0.15, 0.2) is 0 Å². The van der Waals surface area contributed by atoms with Crippen molar-refractivity contribution in [1.82, 2.24) is 10.2 Å². The number of hydrogen-bond acceptors (Lipinski definition) is 3. The van der Waals surface area contributed by atoms with Crippen LogP contribution in [0.1, 0.15) is 50.7 Å². The lowest BCUT2D eigenvalue weighted by Crippen LogP contribution is -2.40. The summed E-state index contributed by atoms with van der Waals surface area (Å²) in [5.41, 5.74) is 2.42. The Balaban J connectivity index is 0.00000338. The molecule has 1 amide bonds. The standard InChI is InChI=1S/C21H34N2O2.HI/c1-16(2)14-18-7-9-19(10-8-18)17(3)21(24)22-11-5-6-20-15-23(4)12-13-25-20;/h7-10,16-17,20H,5-6,11-15H2,1-4H3,(H,22,24);1H. The summed E-state index contributed by atoms with van der Waals surface area (Å²) in [5, 5.41) is 3.07. The molecule has 1 aromatic rings. The molecule has 26 heavy (non-hydrogen) atoms. The third-order valence-corrected chi connectivity index (χ3v) is 4.86. The molecule has 0 radical (unpaired) electrons. The molecular weight excluding hydrogens is 439 g/mol. The van der Waals surface area contributed by atoms with Crippen LogP contribution in [-0.4, -0.2) is 50.2 Å². The van der Waals surface area contributed by atoms with Crippen molar-refractivity contribution in [1.29, 1.82) is 0 Å². The van der Waals surface area contributed by atoms with Gasteiger partial charge in [-0.3, -0.25) is 4.79 Å². The molecule has 1 N–H and O–H groups in total. The fourth-order valence-electron chi connectivity index (χ4n) is 3.30. The molecule has 1 saturated heterocycles. The Bertz CT molecular complexity index is 533. The topological polar surface area (TPSA) is 41.6 Å². The van der Waals surface area contributed by atoms with Gasteiger partial charge in [-0.2, -0.15) is 0 Å². The lowest BCUT2D eigenvalue weighted by molar-refractivity contribution is -0.122. The first-order chi connectivity index (χ1) is 12.0. The zero-order chi connectivity index (χ0) is 18.2. The van der Waals surface area contributed by atoms with E-state index in [1.54, 1.807) is 0 Å². The van der Waals surface area contributed by atoms with Gasteiger partial charge in [-0.05, 0) is 50.3 Å². The van der Waals surface area contributed by atoms with Crippen LogP contribution in [0, 0.1) is 5.92 Å². The highest BCUT2D eigenvalue weighted by Gasteiger charge is 2.18. The van der Waals surface area contributed by atoms with Crippen molar-refractivity contribution in [3.05, 3.63) is 35.4 Å². The molecule has 0 spiro atoms. The Hall–Kier alpha value is -0.660. The van der Waals surface area contributed by atoms with E-state index in [4.69, 9.17) is 4.74 Å².